The number of nitrogens with zero attached hydrogens (tertiary/aromatic N) is 3. The van der Waals surface area contributed by atoms with E-state index >= 15 is 0 Å². The van der Waals surface area contributed by atoms with Crippen LogP contribution in [0.4, 0.5) is 5.69 Å². The van der Waals surface area contributed by atoms with Crippen LogP contribution in [-0.4, -0.2) is 30.5 Å². The van der Waals surface area contributed by atoms with Crippen LogP contribution < -0.4 is 14.9 Å². The van der Waals surface area contributed by atoms with E-state index in [0.717, 1.165) is 25.2 Å². The molecule has 27 heavy (non-hydrogen) atoms. The minimum Gasteiger partial charge on any atom is -0.482 e. The molecule has 1 N–H and O–H groups in total. The van der Waals surface area contributed by atoms with Crippen molar-refractivity contribution in [1.29, 1.82) is 0 Å². The number of thiazole rings is 1. The first kappa shape index (κ1) is 17.9. The van der Waals surface area contributed by atoms with Crippen LogP contribution >= 0.6 is 33.9 Å². The number of nitrogens with one attached hydrogen (secondary N) is 1. The van der Waals surface area contributed by atoms with Gasteiger partial charge in [-0.05, 0) is 46.9 Å². The molecule has 1 amide bonds. The van der Waals surface area contributed by atoms with E-state index in [4.69, 9.17) is 4.74 Å². The zero-order chi connectivity index (χ0) is 18.8. The fourth-order valence-electron chi connectivity index (χ4n) is 2.70. The highest BCUT2D eigenvalue weighted by Crippen LogP contribution is 2.32. The number of rotatable bonds is 3. The van der Waals surface area contributed by atoms with Crippen LogP contribution in [0.3, 0.4) is 0 Å². The Kier molecular flexibility index (Phi) is 5.08. The first-order valence-electron chi connectivity index (χ1n) is 8.15. The first-order chi connectivity index (χ1) is 13.2. The lowest BCUT2D eigenvalue weighted by molar-refractivity contribution is -0.118. The molecule has 2 heterocycles. The molecule has 3 aromatic rings. The molecule has 8 heteroatoms. The van der Waals surface area contributed by atoms with Crippen molar-refractivity contribution in [3.05, 3.63) is 61.8 Å². The van der Waals surface area contributed by atoms with E-state index in [9.17, 15) is 4.79 Å². The van der Waals surface area contributed by atoms with E-state index in [1.54, 1.807) is 11.7 Å². The molecule has 0 saturated heterocycles. The molecule has 0 unspecified atom stereocenters. The van der Waals surface area contributed by atoms with Gasteiger partial charge in [-0.15, -0.1) is 11.3 Å². The van der Waals surface area contributed by atoms with Gasteiger partial charge < -0.3 is 10.1 Å². The zero-order valence-corrected chi connectivity index (χ0v) is 17.3. The molecule has 4 rings (SSSR count). The second-order valence-electron chi connectivity index (χ2n) is 5.75. The van der Waals surface area contributed by atoms with Crippen molar-refractivity contribution in [2.24, 2.45) is 10.1 Å². The number of hydrogen-bond acceptors (Lipinski definition) is 5. The van der Waals surface area contributed by atoms with Gasteiger partial charge in [0.05, 0.1) is 17.6 Å². The maximum absolute atomic E-state index is 11.6. The van der Waals surface area contributed by atoms with Gasteiger partial charge >= 0.3 is 0 Å². The molecule has 0 spiro atoms. The SMILES string of the molecule is CN=c1scc(-c2ccc3c(c2)NC(=O)CO3)n1N=Cc1ccccc1I. The van der Waals surface area contributed by atoms with Crippen molar-refractivity contribution in [1.82, 2.24) is 4.68 Å². The standard InChI is InChI=1S/C19H15IN4O2S/c1-21-19-24(22-9-13-4-2-3-5-14(13)20)16(11-27-19)12-6-7-17-15(8-12)23-18(25)10-26-17/h2-9,11H,10H2,1H3,(H,23,25). The highest BCUT2D eigenvalue weighted by atomic mass is 127. The Labute approximate surface area is 173 Å². The molecule has 0 atom stereocenters. The van der Waals surface area contributed by atoms with Crippen molar-refractivity contribution in [3.8, 4) is 17.0 Å². The van der Waals surface area contributed by atoms with E-state index in [1.165, 1.54) is 11.3 Å². The van der Waals surface area contributed by atoms with Crippen LogP contribution in [0.15, 0.2) is 57.9 Å². The Morgan fingerprint density at radius 1 is 1.30 bits per heavy atom. The summed E-state index contributed by atoms with van der Waals surface area (Å²) in [5.74, 6) is 0.515. The van der Waals surface area contributed by atoms with E-state index in [-0.39, 0.29) is 12.5 Å². The summed E-state index contributed by atoms with van der Waals surface area (Å²) in [6.45, 7) is 0.0453. The van der Waals surface area contributed by atoms with Crippen molar-refractivity contribution in [3.63, 3.8) is 0 Å². The quantitative estimate of drug-likeness (QED) is 0.451. The molecular weight excluding hydrogens is 475 g/mol. The third kappa shape index (κ3) is 3.67. The minimum absolute atomic E-state index is 0.0453. The van der Waals surface area contributed by atoms with Crippen LogP contribution in [0.1, 0.15) is 5.56 Å². The summed E-state index contributed by atoms with van der Waals surface area (Å²) in [7, 11) is 1.74. The predicted molar refractivity (Wildman–Crippen MR) is 116 cm³/mol. The van der Waals surface area contributed by atoms with Gasteiger partial charge in [0.15, 0.2) is 6.61 Å². The number of anilines is 1. The van der Waals surface area contributed by atoms with Crippen LogP contribution in [0.5, 0.6) is 5.75 Å². The smallest absolute Gasteiger partial charge is 0.262 e. The number of hydrogen-bond donors (Lipinski definition) is 1. The van der Waals surface area contributed by atoms with Crippen molar-refractivity contribution in [2.45, 2.75) is 0 Å². The lowest BCUT2D eigenvalue weighted by Gasteiger charge is -2.18. The molecule has 0 bridgehead atoms. The fraction of sp³-hybridized carbons (Fsp3) is 0.105. The van der Waals surface area contributed by atoms with Crippen LogP contribution in [-0.2, 0) is 4.79 Å². The summed E-state index contributed by atoms with van der Waals surface area (Å²) in [4.78, 5) is 16.7. The average molecular weight is 490 g/mol. The zero-order valence-electron chi connectivity index (χ0n) is 14.3. The molecule has 2 aromatic carbocycles. The molecule has 6 nitrogen and oxygen atoms in total. The van der Waals surface area contributed by atoms with Crippen molar-refractivity contribution >= 4 is 51.7 Å². The number of aromatic nitrogens is 1. The first-order valence-corrected chi connectivity index (χ1v) is 10.1. The van der Waals surface area contributed by atoms with Gasteiger partial charge in [-0.1, -0.05) is 18.2 Å². The topological polar surface area (TPSA) is 68.0 Å². The Morgan fingerprint density at radius 2 is 2.15 bits per heavy atom. The number of carbonyl (C=O) groups is 1. The molecule has 1 aromatic heterocycles. The second-order valence-corrected chi connectivity index (χ2v) is 7.75. The lowest BCUT2D eigenvalue weighted by Crippen LogP contribution is -2.25. The Morgan fingerprint density at radius 3 is 2.96 bits per heavy atom. The number of carbonyl (C=O) groups excluding carboxylic acids is 1. The second kappa shape index (κ2) is 7.65. The number of fused-ring (bicyclic) bond motifs is 1. The van der Waals surface area contributed by atoms with Gasteiger partial charge in [-0.25, -0.2) is 4.68 Å². The Bertz CT molecular complexity index is 1120. The van der Waals surface area contributed by atoms with Gasteiger partial charge in [0, 0.05) is 27.1 Å². The van der Waals surface area contributed by atoms with Crippen molar-refractivity contribution in [2.75, 3.05) is 19.0 Å². The predicted octanol–water partition coefficient (Wildman–Crippen LogP) is 3.56. The summed E-state index contributed by atoms with van der Waals surface area (Å²) in [6, 6.07) is 13.8. The maximum atomic E-state index is 11.6. The molecule has 1 aliphatic rings. The fourth-order valence-corrected chi connectivity index (χ4v) is 4.03. The van der Waals surface area contributed by atoms with Crippen LogP contribution in [0.2, 0.25) is 0 Å². The Balaban J connectivity index is 1.77. The summed E-state index contributed by atoms with van der Waals surface area (Å²) in [5, 5.41) is 9.50. The van der Waals surface area contributed by atoms with Gasteiger partial charge in [0.25, 0.3) is 5.91 Å². The normalized spacial score (nSPS) is 14.1. The van der Waals surface area contributed by atoms with E-state index in [0.29, 0.717) is 11.4 Å². The molecule has 0 radical (unpaired) electrons. The van der Waals surface area contributed by atoms with E-state index in [2.05, 4.69) is 38.0 Å². The van der Waals surface area contributed by atoms with Crippen LogP contribution in [0, 0.1) is 3.57 Å². The lowest BCUT2D eigenvalue weighted by atomic mass is 10.1. The van der Waals surface area contributed by atoms with E-state index < -0.39 is 0 Å². The molecule has 0 aliphatic carbocycles. The van der Waals surface area contributed by atoms with Gasteiger partial charge in [-0.2, -0.15) is 5.10 Å². The number of ether oxygens (including phenoxy) is 1. The molecule has 0 fully saturated rings. The Hall–Kier alpha value is -2.46. The van der Waals surface area contributed by atoms with Crippen molar-refractivity contribution < 1.29 is 9.53 Å². The molecule has 1 aliphatic heterocycles. The van der Waals surface area contributed by atoms with Gasteiger partial charge in [-0.3, -0.25) is 9.79 Å². The largest absolute Gasteiger partial charge is 0.482 e. The number of benzene rings is 2. The average Bonchev–Trinajstić information content (AvgIpc) is 3.09. The molecule has 0 saturated carbocycles. The van der Waals surface area contributed by atoms with Crippen LogP contribution in [0.25, 0.3) is 11.3 Å². The highest BCUT2D eigenvalue weighted by Gasteiger charge is 2.17. The molecular formula is C19H15IN4O2S. The molecule has 136 valence electrons. The maximum Gasteiger partial charge on any atom is 0.262 e. The monoisotopic (exact) mass is 490 g/mol. The number of amides is 1. The summed E-state index contributed by atoms with van der Waals surface area (Å²) >= 11 is 3.80. The number of halogens is 1. The minimum atomic E-state index is -0.154. The summed E-state index contributed by atoms with van der Waals surface area (Å²) in [5.41, 5.74) is 3.52. The van der Waals surface area contributed by atoms with Gasteiger partial charge in [0.2, 0.25) is 4.80 Å². The third-order valence-electron chi connectivity index (χ3n) is 4.00. The summed E-state index contributed by atoms with van der Waals surface area (Å²) < 4.78 is 8.37. The summed E-state index contributed by atoms with van der Waals surface area (Å²) in [6.07, 6.45) is 1.83. The third-order valence-corrected chi connectivity index (χ3v) is 5.89. The highest BCUT2D eigenvalue weighted by molar-refractivity contribution is 14.1. The van der Waals surface area contributed by atoms with Gasteiger partial charge in [0.1, 0.15) is 5.75 Å². The van der Waals surface area contributed by atoms with E-state index in [1.807, 2.05) is 54.1 Å².